The molecule has 1 aliphatic rings. The summed E-state index contributed by atoms with van der Waals surface area (Å²) in [4.78, 5) is 12.5. The smallest absolute Gasteiger partial charge is 0.249 e. The maximum atomic E-state index is 12.5. The molecule has 6 nitrogen and oxygen atoms in total. The number of unbranched alkanes of at least 4 members (excludes halogenated alkanes) is 25. The quantitative estimate of drug-likeness (QED) is 0.0413. The van der Waals surface area contributed by atoms with Crippen LogP contribution in [0.5, 0.6) is 0 Å². The number of aliphatic hydroxyl groups is 4. The normalized spacial score (nSPS) is 18.3. The van der Waals surface area contributed by atoms with Crippen LogP contribution in [0.1, 0.15) is 226 Å². The first-order valence-electron chi connectivity index (χ1n) is 21.9. The average Bonchev–Trinajstić information content (AvgIpc) is 3.87. The maximum Gasteiger partial charge on any atom is 0.249 e. The molecule has 0 spiro atoms. The summed E-state index contributed by atoms with van der Waals surface area (Å²) in [6.07, 6.45) is 37.4. The Bertz CT molecular complexity index is 720. The summed E-state index contributed by atoms with van der Waals surface area (Å²) >= 11 is 0. The fourth-order valence-corrected chi connectivity index (χ4v) is 7.63. The zero-order chi connectivity index (χ0) is 35.8. The number of rotatable bonds is 38. The minimum absolute atomic E-state index is 0.378. The molecule has 6 heteroatoms. The van der Waals surface area contributed by atoms with E-state index in [2.05, 4.69) is 19.2 Å². The summed E-state index contributed by atoms with van der Waals surface area (Å²) in [6, 6.07) is -0.977. The molecule has 49 heavy (non-hydrogen) atoms. The topological polar surface area (TPSA) is 110 Å². The number of carbonyl (C=O) groups excluding carboxylic acids is 1. The highest BCUT2D eigenvalue weighted by Gasteiger charge is 2.35. The van der Waals surface area contributed by atoms with Gasteiger partial charge in [-0.2, -0.15) is 0 Å². The minimum atomic E-state index is -1.25. The molecule has 0 aromatic heterocycles. The average molecular weight is 696 g/mol. The van der Waals surface area contributed by atoms with E-state index in [0.717, 1.165) is 50.4 Å². The van der Waals surface area contributed by atoms with Crippen molar-refractivity contribution in [2.24, 2.45) is 11.8 Å². The third-order valence-electron chi connectivity index (χ3n) is 11.3. The van der Waals surface area contributed by atoms with Crippen LogP contribution in [0, 0.1) is 11.8 Å². The second-order valence-electron chi connectivity index (χ2n) is 16.0. The van der Waals surface area contributed by atoms with Crippen LogP contribution in [0.25, 0.3) is 0 Å². The first-order valence-corrected chi connectivity index (χ1v) is 21.9. The molecule has 6 atom stereocenters. The van der Waals surface area contributed by atoms with Gasteiger partial charge in [0.2, 0.25) is 5.91 Å². The first-order chi connectivity index (χ1) is 23.9. The molecular formula is C43H85NO5. The van der Waals surface area contributed by atoms with Crippen molar-refractivity contribution >= 4 is 5.91 Å². The third kappa shape index (κ3) is 26.7. The van der Waals surface area contributed by atoms with Crippen LogP contribution in [-0.4, -0.2) is 57.3 Å². The van der Waals surface area contributed by atoms with Gasteiger partial charge in [0.05, 0.1) is 18.8 Å². The van der Waals surface area contributed by atoms with Gasteiger partial charge in [-0.25, -0.2) is 0 Å². The van der Waals surface area contributed by atoms with Gasteiger partial charge in [0.15, 0.2) is 0 Å². The lowest BCUT2D eigenvalue weighted by Gasteiger charge is -2.27. The van der Waals surface area contributed by atoms with Crippen LogP contribution in [0.3, 0.4) is 0 Å². The summed E-state index contributed by atoms with van der Waals surface area (Å²) in [5.74, 6) is 1.42. The number of carbonyl (C=O) groups is 1. The van der Waals surface area contributed by atoms with Gasteiger partial charge in [-0.3, -0.25) is 4.79 Å². The zero-order valence-electron chi connectivity index (χ0n) is 32.7. The molecule has 1 amide bonds. The van der Waals surface area contributed by atoms with Crippen LogP contribution >= 0.6 is 0 Å². The monoisotopic (exact) mass is 696 g/mol. The molecule has 2 unspecified atom stereocenters. The molecule has 0 heterocycles. The molecule has 0 aromatic rings. The SMILES string of the molecule is CCCCCCCCCCCCCCCCCCCCCC[C@@H](O)[C@@H](O)[C@H](CO)NC(=O)[C@H](O)CCCCCCCCC1CC1CCCC. The van der Waals surface area contributed by atoms with Gasteiger partial charge >= 0.3 is 0 Å². The molecule has 0 saturated heterocycles. The van der Waals surface area contributed by atoms with Gasteiger partial charge in [-0.15, -0.1) is 0 Å². The first kappa shape index (κ1) is 46.3. The Morgan fingerprint density at radius 3 is 1.33 bits per heavy atom. The Morgan fingerprint density at radius 2 is 0.898 bits per heavy atom. The van der Waals surface area contributed by atoms with E-state index in [1.165, 1.54) is 161 Å². The lowest BCUT2D eigenvalue weighted by Crippen LogP contribution is -2.53. The van der Waals surface area contributed by atoms with E-state index in [0.29, 0.717) is 12.8 Å². The van der Waals surface area contributed by atoms with Gasteiger partial charge in [-0.05, 0) is 31.1 Å². The van der Waals surface area contributed by atoms with Crippen LogP contribution in [0.15, 0.2) is 0 Å². The second kappa shape index (κ2) is 33.2. The summed E-state index contributed by atoms with van der Waals surface area (Å²) in [5.41, 5.74) is 0. The van der Waals surface area contributed by atoms with Gasteiger partial charge in [0.25, 0.3) is 0 Å². The van der Waals surface area contributed by atoms with Crippen molar-refractivity contribution in [2.45, 2.75) is 250 Å². The number of hydrogen-bond donors (Lipinski definition) is 5. The fourth-order valence-electron chi connectivity index (χ4n) is 7.63. The number of amides is 1. The highest BCUT2D eigenvalue weighted by molar-refractivity contribution is 5.80. The van der Waals surface area contributed by atoms with Crippen molar-refractivity contribution in [1.29, 1.82) is 0 Å². The number of hydrogen-bond acceptors (Lipinski definition) is 5. The predicted molar refractivity (Wildman–Crippen MR) is 208 cm³/mol. The van der Waals surface area contributed by atoms with E-state index < -0.39 is 36.9 Å². The standard InChI is InChI=1S/C43H85NO5/c1-3-5-7-8-9-10-11-12-13-14-15-16-17-18-19-20-21-22-26-29-33-40(46)42(48)39(36-45)44-43(49)41(47)34-30-27-24-23-25-28-32-38-35-37(38)31-6-4-2/h37-42,45-48H,3-36H2,1-2H3,(H,44,49)/t37?,38?,39-,40+,41+,42-/m0/s1. The van der Waals surface area contributed by atoms with Crippen LogP contribution in [-0.2, 0) is 4.79 Å². The maximum absolute atomic E-state index is 12.5. The van der Waals surface area contributed by atoms with Crippen molar-refractivity contribution in [1.82, 2.24) is 5.32 Å². The molecule has 0 bridgehead atoms. The predicted octanol–water partition coefficient (Wildman–Crippen LogP) is 10.7. The Labute approximate surface area is 304 Å². The highest BCUT2D eigenvalue weighted by atomic mass is 16.3. The highest BCUT2D eigenvalue weighted by Crippen LogP contribution is 2.45. The van der Waals surface area contributed by atoms with Crippen molar-refractivity contribution in [3.63, 3.8) is 0 Å². The molecule has 5 N–H and O–H groups in total. The van der Waals surface area contributed by atoms with E-state index in [1.807, 2.05) is 0 Å². The zero-order valence-corrected chi connectivity index (χ0v) is 32.7. The Morgan fingerprint density at radius 1 is 0.531 bits per heavy atom. The summed E-state index contributed by atoms with van der Waals surface area (Å²) < 4.78 is 0. The second-order valence-corrected chi connectivity index (χ2v) is 16.0. The fraction of sp³-hybridized carbons (Fsp3) is 0.977. The molecule has 0 radical (unpaired) electrons. The van der Waals surface area contributed by atoms with Crippen molar-refractivity contribution in [3.05, 3.63) is 0 Å². The van der Waals surface area contributed by atoms with Crippen LogP contribution in [0.4, 0.5) is 0 Å². The molecule has 1 rings (SSSR count). The molecule has 0 aromatic carbocycles. The van der Waals surface area contributed by atoms with E-state index in [1.54, 1.807) is 0 Å². The Hall–Kier alpha value is -0.690. The largest absolute Gasteiger partial charge is 0.394 e. The van der Waals surface area contributed by atoms with Gasteiger partial charge in [0.1, 0.15) is 12.2 Å². The van der Waals surface area contributed by atoms with E-state index in [4.69, 9.17) is 0 Å². The summed E-state index contributed by atoms with van der Waals surface area (Å²) in [5, 5.41) is 43.7. The molecule has 1 saturated carbocycles. The lowest BCUT2D eigenvalue weighted by atomic mass is 9.99. The van der Waals surface area contributed by atoms with Crippen molar-refractivity contribution < 1.29 is 25.2 Å². The van der Waals surface area contributed by atoms with Gasteiger partial charge in [0, 0.05) is 0 Å². The van der Waals surface area contributed by atoms with Crippen LogP contribution < -0.4 is 5.32 Å². The summed E-state index contributed by atoms with van der Waals surface area (Å²) in [6.45, 7) is 4.08. The van der Waals surface area contributed by atoms with E-state index >= 15 is 0 Å². The van der Waals surface area contributed by atoms with Crippen LogP contribution in [0.2, 0.25) is 0 Å². The number of aliphatic hydroxyl groups excluding tert-OH is 4. The Kier molecular flexibility index (Phi) is 31.4. The van der Waals surface area contributed by atoms with Gasteiger partial charge < -0.3 is 25.7 Å². The molecule has 292 valence electrons. The minimum Gasteiger partial charge on any atom is -0.394 e. The molecular weight excluding hydrogens is 610 g/mol. The van der Waals surface area contributed by atoms with E-state index in [9.17, 15) is 25.2 Å². The molecule has 1 aliphatic carbocycles. The molecule has 1 fully saturated rings. The van der Waals surface area contributed by atoms with Gasteiger partial charge in [-0.1, -0.05) is 206 Å². The number of nitrogens with one attached hydrogen (secondary N) is 1. The third-order valence-corrected chi connectivity index (χ3v) is 11.3. The van der Waals surface area contributed by atoms with E-state index in [-0.39, 0.29) is 0 Å². The lowest BCUT2D eigenvalue weighted by molar-refractivity contribution is -0.132. The Balaban J connectivity index is 1.93. The summed E-state index contributed by atoms with van der Waals surface area (Å²) in [7, 11) is 0. The molecule has 0 aliphatic heterocycles. The van der Waals surface area contributed by atoms with Crippen molar-refractivity contribution in [3.8, 4) is 0 Å². The van der Waals surface area contributed by atoms with Crippen molar-refractivity contribution in [2.75, 3.05) is 6.61 Å².